The number of thiophene rings is 1. The van der Waals surface area contributed by atoms with Crippen LogP contribution in [0.4, 0.5) is 5.69 Å². The summed E-state index contributed by atoms with van der Waals surface area (Å²) in [6, 6.07) is 3.92. The first-order valence-electron chi connectivity index (χ1n) is 9.62. The van der Waals surface area contributed by atoms with E-state index in [4.69, 9.17) is 4.52 Å². The van der Waals surface area contributed by atoms with Gasteiger partial charge in [0.15, 0.2) is 0 Å². The van der Waals surface area contributed by atoms with Crippen molar-refractivity contribution in [3.8, 4) is 10.7 Å². The van der Waals surface area contributed by atoms with Gasteiger partial charge in [-0.05, 0) is 24.4 Å². The highest BCUT2D eigenvalue weighted by atomic mass is 32.1. The topological polar surface area (TPSA) is 123 Å². The molecule has 1 aliphatic heterocycles. The number of aryl methyl sites for hydroxylation is 1. The molecule has 0 bridgehead atoms. The van der Waals surface area contributed by atoms with Crippen molar-refractivity contribution in [2.45, 2.75) is 19.4 Å². The lowest BCUT2D eigenvalue weighted by molar-refractivity contribution is -0.385. The molecule has 0 spiro atoms. The highest BCUT2D eigenvalue weighted by molar-refractivity contribution is 7.13. The van der Waals surface area contributed by atoms with E-state index in [1.54, 1.807) is 16.2 Å². The normalized spacial score (nSPS) is 14.9. The van der Waals surface area contributed by atoms with Crippen LogP contribution >= 0.6 is 11.3 Å². The third-order valence-electron chi connectivity index (χ3n) is 4.93. The maximum Gasteiger partial charge on any atom is 0.307 e. The van der Waals surface area contributed by atoms with Gasteiger partial charge in [0.25, 0.3) is 0 Å². The number of piperazine rings is 1. The van der Waals surface area contributed by atoms with E-state index in [9.17, 15) is 14.9 Å². The van der Waals surface area contributed by atoms with E-state index in [0.29, 0.717) is 24.8 Å². The molecule has 11 nitrogen and oxygen atoms in total. The van der Waals surface area contributed by atoms with Gasteiger partial charge < -0.3 is 9.42 Å². The molecule has 4 rings (SSSR count). The molecule has 4 heterocycles. The molecule has 1 amide bonds. The van der Waals surface area contributed by atoms with Crippen LogP contribution in [0.15, 0.2) is 34.4 Å². The number of amides is 1. The van der Waals surface area contributed by atoms with Gasteiger partial charge in [0.1, 0.15) is 18.9 Å². The molecule has 0 atom stereocenters. The summed E-state index contributed by atoms with van der Waals surface area (Å²) in [4.78, 5) is 32.1. The summed E-state index contributed by atoms with van der Waals surface area (Å²) >= 11 is 1.58. The number of carbonyl (C=O) groups excluding carboxylic acids is 1. The van der Waals surface area contributed by atoms with Gasteiger partial charge in [0.05, 0.1) is 9.80 Å². The molecule has 3 aromatic rings. The van der Waals surface area contributed by atoms with Gasteiger partial charge in [-0.15, -0.1) is 11.3 Å². The molecule has 0 radical (unpaired) electrons. The first kappa shape index (κ1) is 20.2. The first-order chi connectivity index (χ1) is 14.6. The van der Waals surface area contributed by atoms with E-state index in [0.717, 1.165) is 43.5 Å². The standard InChI is InChI=1S/C18H21N7O4S/c26-17(13-24-12-14(11-19-24)25(27)28)23-8-6-22(7-9-23)5-1-4-16-20-18(21-29-16)15-3-2-10-30-15/h2-3,10-12H,1,4-9,13H2. The molecule has 3 aromatic heterocycles. The van der Waals surface area contributed by atoms with Crippen LogP contribution in [0.2, 0.25) is 0 Å². The van der Waals surface area contributed by atoms with E-state index in [-0.39, 0.29) is 18.1 Å². The minimum Gasteiger partial charge on any atom is -0.339 e. The number of aromatic nitrogens is 4. The molecule has 12 heteroatoms. The Labute approximate surface area is 176 Å². The molecule has 1 aliphatic rings. The summed E-state index contributed by atoms with van der Waals surface area (Å²) in [6.45, 7) is 3.74. The van der Waals surface area contributed by atoms with Crippen molar-refractivity contribution >= 4 is 22.9 Å². The number of nitro groups is 1. The predicted octanol–water partition coefficient (Wildman–Crippen LogP) is 1.68. The maximum absolute atomic E-state index is 12.4. The summed E-state index contributed by atoms with van der Waals surface area (Å²) in [5.41, 5.74) is -0.114. The number of rotatable bonds is 8. The van der Waals surface area contributed by atoms with Crippen LogP contribution in [0.5, 0.6) is 0 Å². The molecule has 30 heavy (non-hydrogen) atoms. The molecule has 0 N–H and O–H groups in total. The van der Waals surface area contributed by atoms with Crippen LogP contribution < -0.4 is 0 Å². The minimum absolute atomic E-state index is 0.0115. The third-order valence-corrected chi connectivity index (χ3v) is 5.79. The second-order valence-corrected chi connectivity index (χ2v) is 7.92. The summed E-state index contributed by atoms with van der Waals surface area (Å²) in [5, 5.41) is 20.6. The fourth-order valence-electron chi connectivity index (χ4n) is 3.31. The molecule has 158 valence electrons. The number of hydrogen-bond acceptors (Lipinski definition) is 9. The van der Waals surface area contributed by atoms with Crippen LogP contribution in [0, 0.1) is 10.1 Å². The summed E-state index contributed by atoms with van der Waals surface area (Å²) < 4.78 is 6.63. The van der Waals surface area contributed by atoms with E-state index in [1.807, 2.05) is 17.5 Å². The lowest BCUT2D eigenvalue weighted by Crippen LogP contribution is -2.49. The van der Waals surface area contributed by atoms with Crippen molar-refractivity contribution < 1.29 is 14.2 Å². The maximum atomic E-state index is 12.4. The SMILES string of the molecule is O=C(Cn1cc([N+](=O)[O-])cn1)N1CCN(CCCc2nc(-c3cccs3)no2)CC1. The highest BCUT2D eigenvalue weighted by Crippen LogP contribution is 2.21. The smallest absolute Gasteiger partial charge is 0.307 e. The van der Waals surface area contributed by atoms with Crippen molar-refractivity contribution in [3.63, 3.8) is 0 Å². The average molecular weight is 431 g/mol. The zero-order valence-corrected chi connectivity index (χ0v) is 17.0. The van der Waals surface area contributed by atoms with Crippen LogP contribution in [0.25, 0.3) is 10.7 Å². The Morgan fingerprint density at radius 1 is 1.30 bits per heavy atom. The average Bonchev–Trinajstić information content (AvgIpc) is 3.50. The highest BCUT2D eigenvalue weighted by Gasteiger charge is 2.22. The molecular formula is C18H21N7O4S. The Morgan fingerprint density at radius 3 is 2.83 bits per heavy atom. The number of nitrogens with zero attached hydrogens (tertiary/aromatic N) is 7. The molecule has 1 saturated heterocycles. The third kappa shape index (κ3) is 4.89. The quantitative estimate of drug-likeness (QED) is 0.390. The second kappa shape index (κ2) is 9.13. The first-order valence-corrected chi connectivity index (χ1v) is 10.5. The zero-order valence-electron chi connectivity index (χ0n) is 16.2. The van der Waals surface area contributed by atoms with Crippen LogP contribution in [0.1, 0.15) is 12.3 Å². The van der Waals surface area contributed by atoms with Crippen LogP contribution in [-0.2, 0) is 17.8 Å². The molecular weight excluding hydrogens is 410 g/mol. The van der Waals surface area contributed by atoms with Gasteiger partial charge in [-0.1, -0.05) is 11.2 Å². The van der Waals surface area contributed by atoms with Gasteiger partial charge in [-0.2, -0.15) is 10.1 Å². The van der Waals surface area contributed by atoms with Gasteiger partial charge in [-0.25, -0.2) is 0 Å². The van der Waals surface area contributed by atoms with Crippen LogP contribution in [0.3, 0.4) is 0 Å². The Bertz CT molecular complexity index is 992. The Morgan fingerprint density at radius 2 is 2.13 bits per heavy atom. The zero-order chi connectivity index (χ0) is 20.9. The summed E-state index contributed by atoms with van der Waals surface area (Å²) in [6.07, 6.45) is 4.04. The number of carbonyl (C=O) groups is 1. The van der Waals surface area contributed by atoms with E-state index < -0.39 is 4.92 Å². The molecule has 0 saturated carbocycles. The molecule has 1 fully saturated rings. The Hall–Kier alpha value is -3.12. The molecule has 0 aromatic carbocycles. The Balaban J connectivity index is 1.17. The minimum atomic E-state index is -0.524. The van der Waals surface area contributed by atoms with E-state index in [1.165, 1.54) is 10.9 Å². The van der Waals surface area contributed by atoms with Crippen molar-refractivity contribution in [1.29, 1.82) is 0 Å². The Kier molecular flexibility index (Phi) is 6.14. The predicted molar refractivity (Wildman–Crippen MR) is 108 cm³/mol. The largest absolute Gasteiger partial charge is 0.339 e. The number of hydrogen-bond donors (Lipinski definition) is 0. The van der Waals surface area contributed by atoms with Crippen molar-refractivity contribution in [1.82, 2.24) is 29.7 Å². The molecule has 0 unspecified atom stereocenters. The van der Waals surface area contributed by atoms with Gasteiger partial charge in [0.2, 0.25) is 17.6 Å². The summed E-state index contributed by atoms with van der Waals surface area (Å²) in [7, 11) is 0. The molecule has 0 aliphatic carbocycles. The van der Waals surface area contributed by atoms with E-state index >= 15 is 0 Å². The van der Waals surface area contributed by atoms with Crippen LogP contribution in [-0.4, -0.2) is 73.3 Å². The van der Waals surface area contributed by atoms with Gasteiger partial charge >= 0.3 is 5.69 Å². The fraction of sp³-hybridized carbons (Fsp3) is 0.444. The summed E-state index contributed by atoms with van der Waals surface area (Å²) in [5.74, 6) is 1.19. The second-order valence-electron chi connectivity index (χ2n) is 6.97. The van der Waals surface area contributed by atoms with Gasteiger partial charge in [-0.3, -0.25) is 24.5 Å². The van der Waals surface area contributed by atoms with Crippen molar-refractivity contribution in [3.05, 3.63) is 45.9 Å². The fourth-order valence-corrected chi connectivity index (χ4v) is 3.96. The monoisotopic (exact) mass is 431 g/mol. The van der Waals surface area contributed by atoms with Gasteiger partial charge in [0, 0.05) is 32.6 Å². The van der Waals surface area contributed by atoms with E-state index in [2.05, 4.69) is 20.1 Å². The lowest BCUT2D eigenvalue weighted by atomic mass is 10.2. The van der Waals surface area contributed by atoms with Crippen molar-refractivity contribution in [2.75, 3.05) is 32.7 Å². The lowest BCUT2D eigenvalue weighted by Gasteiger charge is -2.34. The van der Waals surface area contributed by atoms with Crippen molar-refractivity contribution in [2.24, 2.45) is 0 Å².